The lowest BCUT2D eigenvalue weighted by Crippen LogP contribution is -2.26. The fourth-order valence-corrected chi connectivity index (χ4v) is 3.05. The molecule has 0 saturated heterocycles. The molecule has 164 valence electrons. The summed E-state index contributed by atoms with van der Waals surface area (Å²) in [6, 6.07) is 15.8. The molecule has 0 spiro atoms. The minimum absolute atomic E-state index is 0.207. The van der Waals surface area contributed by atoms with E-state index in [1.54, 1.807) is 38.5 Å². The van der Waals surface area contributed by atoms with Crippen LogP contribution in [0.2, 0.25) is 0 Å². The summed E-state index contributed by atoms with van der Waals surface area (Å²) in [6.45, 7) is 4.62. The standard InChI is InChI=1S/C24H27NO6/c1-5-29-17-6-8-18(9-7-17)30-15-20-11-13-23(31-20)24(26)25-16(2)21-14-19(27-3)10-12-22(21)28-4/h6-14,16H,5,15H2,1-4H3,(H,25,26). The van der Waals surface area contributed by atoms with Gasteiger partial charge in [-0.1, -0.05) is 0 Å². The maximum absolute atomic E-state index is 12.6. The number of carbonyl (C=O) groups excluding carboxylic acids is 1. The van der Waals surface area contributed by atoms with Crippen LogP contribution in [0.1, 0.15) is 41.8 Å². The molecule has 0 saturated carbocycles. The van der Waals surface area contributed by atoms with Crippen LogP contribution in [-0.4, -0.2) is 26.7 Å². The Morgan fingerprint density at radius 1 is 0.935 bits per heavy atom. The Morgan fingerprint density at radius 2 is 1.61 bits per heavy atom. The highest BCUT2D eigenvalue weighted by Gasteiger charge is 2.18. The fourth-order valence-electron chi connectivity index (χ4n) is 3.05. The Morgan fingerprint density at radius 3 is 2.26 bits per heavy atom. The lowest BCUT2D eigenvalue weighted by molar-refractivity contribution is 0.0907. The molecule has 2 aromatic carbocycles. The second-order valence-electron chi connectivity index (χ2n) is 6.76. The van der Waals surface area contributed by atoms with Crippen molar-refractivity contribution in [3.05, 3.63) is 71.7 Å². The van der Waals surface area contributed by atoms with Crippen molar-refractivity contribution in [2.24, 2.45) is 0 Å². The van der Waals surface area contributed by atoms with Crippen LogP contribution >= 0.6 is 0 Å². The molecular weight excluding hydrogens is 398 g/mol. The van der Waals surface area contributed by atoms with Crippen molar-refractivity contribution < 1.29 is 28.2 Å². The monoisotopic (exact) mass is 425 g/mol. The van der Waals surface area contributed by atoms with E-state index in [1.807, 2.05) is 44.2 Å². The topological polar surface area (TPSA) is 79.2 Å². The first kappa shape index (κ1) is 22.1. The molecule has 0 aliphatic heterocycles. The summed E-state index contributed by atoms with van der Waals surface area (Å²) in [5.74, 6) is 3.24. The van der Waals surface area contributed by atoms with Crippen molar-refractivity contribution in [3.8, 4) is 23.0 Å². The molecular formula is C24H27NO6. The van der Waals surface area contributed by atoms with Gasteiger partial charge in [0.1, 0.15) is 35.4 Å². The van der Waals surface area contributed by atoms with E-state index in [4.69, 9.17) is 23.4 Å². The maximum atomic E-state index is 12.6. The van der Waals surface area contributed by atoms with Crippen LogP contribution in [0.4, 0.5) is 0 Å². The van der Waals surface area contributed by atoms with Crippen LogP contribution in [0.3, 0.4) is 0 Å². The maximum Gasteiger partial charge on any atom is 0.287 e. The number of ether oxygens (including phenoxy) is 4. The van der Waals surface area contributed by atoms with E-state index in [0.29, 0.717) is 29.6 Å². The summed E-state index contributed by atoms with van der Waals surface area (Å²) < 4.78 is 27.4. The zero-order chi connectivity index (χ0) is 22.2. The number of nitrogens with one attached hydrogen (secondary N) is 1. The molecule has 1 atom stereocenters. The first-order valence-electron chi connectivity index (χ1n) is 10.0. The van der Waals surface area contributed by atoms with Crippen LogP contribution in [0.25, 0.3) is 0 Å². The first-order chi connectivity index (χ1) is 15.0. The Labute approximate surface area is 181 Å². The van der Waals surface area contributed by atoms with E-state index in [1.165, 1.54) is 0 Å². The van der Waals surface area contributed by atoms with Crippen molar-refractivity contribution in [2.75, 3.05) is 20.8 Å². The highest BCUT2D eigenvalue weighted by atomic mass is 16.5. The van der Waals surface area contributed by atoms with Crippen LogP contribution in [0.5, 0.6) is 23.0 Å². The molecule has 1 unspecified atom stereocenters. The molecule has 0 aliphatic rings. The molecule has 31 heavy (non-hydrogen) atoms. The number of rotatable bonds is 10. The largest absolute Gasteiger partial charge is 0.497 e. The predicted octanol–water partition coefficient (Wildman–Crippen LogP) is 4.77. The summed E-state index contributed by atoms with van der Waals surface area (Å²) >= 11 is 0. The van der Waals surface area contributed by atoms with Gasteiger partial charge >= 0.3 is 0 Å². The SMILES string of the molecule is CCOc1ccc(OCc2ccc(C(=O)NC(C)c3cc(OC)ccc3OC)o2)cc1. The highest BCUT2D eigenvalue weighted by Crippen LogP contribution is 2.29. The van der Waals surface area contributed by atoms with E-state index in [2.05, 4.69) is 5.32 Å². The second kappa shape index (κ2) is 10.4. The average Bonchev–Trinajstić information content (AvgIpc) is 3.27. The van der Waals surface area contributed by atoms with Crippen molar-refractivity contribution >= 4 is 5.91 Å². The van der Waals surface area contributed by atoms with Gasteiger partial charge in [-0.2, -0.15) is 0 Å². The van der Waals surface area contributed by atoms with Crippen LogP contribution in [-0.2, 0) is 6.61 Å². The third kappa shape index (κ3) is 5.72. The lowest BCUT2D eigenvalue weighted by Gasteiger charge is -2.17. The summed E-state index contributed by atoms with van der Waals surface area (Å²) in [5.41, 5.74) is 0.806. The van der Waals surface area contributed by atoms with Gasteiger partial charge in [0.05, 0.1) is 26.9 Å². The zero-order valence-corrected chi connectivity index (χ0v) is 18.1. The van der Waals surface area contributed by atoms with Crippen molar-refractivity contribution in [3.63, 3.8) is 0 Å². The number of amides is 1. The number of benzene rings is 2. The lowest BCUT2D eigenvalue weighted by atomic mass is 10.1. The Balaban J connectivity index is 1.59. The van der Waals surface area contributed by atoms with Gasteiger partial charge in [0.2, 0.25) is 0 Å². The molecule has 7 nitrogen and oxygen atoms in total. The van der Waals surface area contributed by atoms with E-state index in [0.717, 1.165) is 11.3 Å². The minimum Gasteiger partial charge on any atom is -0.497 e. The number of methoxy groups -OCH3 is 2. The minimum atomic E-state index is -0.329. The quantitative estimate of drug-likeness (QED) is 0.504. The van der Waals surface area contributed by atoms with Crippen LogP contribution in [0, 0.1) is 0 Å². The van der Waals surface area contributed by atoms with E-state index in [-0.39, 0.29) is 24.3 Å². The molecule has 3 rings (SSSR count). The van der Waals surface area contributed by atoms with Gasteiger partial charge in [-0.15, -0.1) is 0 Å². The van der Waals surface area contributed by atoms with E-state index in [9.17, 15) is 4.79 Å². The third-order valence-corrected chi connectivity index (χ3v) is 4.65. The van der Waals surface area contributed by atoms with Crippen molar-refractivity contribution in [1.29, 1.82) is 0 Å². The molecule has 1 heterocycles. The first-order valence-corrected chi connectivity index (χ1v) is 10.0. The second-order valence-corrected chi connectivity index (χ2v) is 6.76. The number of hydrogen-bond acceptors (Lipinski definition) is 6. The molecule has 0 fully saturated rings. The Bertz CT molecular complexity index is 996. The molecule has 1 N–H and O–H groups in total. The van der Waals surface area contributed by atoms with Gasteiger partial charge in [-0.05, 0) is 68.4 Å². The summed E-state index contributed by atoms with van der Waals surface area (Å²) in [4.78, 5) is 12.6. The fraction of sp³-hybridized carbons (Fsp3) is 0.292. The van der Waals surface area contributed by atoms with Crippen LogP contribution in [0.15, 0.2) is 59.0 Å². The molecule has 0 aliphatic carbocycles. The number of carbonyl (C=O) groups is 1. The van der Waals surface area contributed by atoms with Gasteiger partial charge in [-0.25, -0.2) is 0 Å². The van der Waals surface area contributed by atoms with Gasteiger partial charge in [0.15, 0.2) is 5.76 Å². The number of hydrogen-bond donors (Lipinski definition) is 1. The van der Waals surface area contributed by atoms with Gasteiger partial charge in [0, 0.05) is 5.56 Å². The molecule has 1 aromatic heterocycles. The van der Waals surface area contributed by atoms with Gasteiger partial charge in [0.25, 0.3) is 5.91 Å². The normalized spacial score (nSPS) is 11.5. The summed E-state index contributed by atoms with van der Waals surface area (Å²) in [5, 5.41) is 2.92. The van der Waals surface area contributed by atoms with Crippen molar-refractivity contribution in [1.82, 2.24) is 5.32 Å². The predicted molar refractivity (Wildman–Crippen MR) is 116 cm³/mol. The molecule has 0 radical (unpaired) electrons. The molecule has 0 bridgehead atoms. The van der Waals surface area contributed by atoms with Gasteiger partial charge in [-0.3, -0.25) is 4.79 Å². The highest BCUT2D eigenvalue weighted by molar-refractivity contribution is 5.91. The number of furan rings is 1. The smallest absolute Gasteiger partial charge is 0.287 e. The third-order valence-electron chi connectivity index (χ3n) is 4.65. The molecule has 7 heteroatoms. The van der Waals surface area contributed by atoms with Crippen LogP contribution < -0.4 is 24.3 Å². The summed E-state index contributed by atoms with van der Waals surface area (Å²) in [6.07, 6.45) is 0. The van der Waals surface area contributed by atoms with Gasteiger partial charge < -0.3 is 28.7 Å². The summed E-state index contributed by atoms with van der Waals surface area (Å²) in [7, 11) is 3.18. The Hall–Kier alpha value is -3.61. The Kier molecular flexibility index (Phi) is 7.43. The van der Waals surface area contributed by atoms with E-state index < -0.39 is 0 Å². The van der Waals surface area contributed by atoms with Crippen molar-refractivity contribution in [2.45, 2.75) is 26.5 Å². The average molecular weight is 425 g/mol. The van der Waals surface area contributed by atoms with E-state index >= 15 is 0 Å². The molecule has 1 amide bonds. The molecule has 3 aromatic rings. The zero-order valence-electron chi connectivity index (χ0n) is 18.1.